The van der Waals surface area contributed by atoms with E-state index in [1.807, 2.05) is 30.3 Å². The monoisotopic (exact) mass is 327 g/mol. The van der Waals surface area contributed by atoms with Gasteiger partial charge < -0.3 is 14.8 Å². The predicted molar refractivity (Wildman–Crippen MR) is 92.5 cm³/mol. The summed E-state index contributed by atoms with van der Waals surface area (Å²) in [6.45, 7) is 1.43. The van der Waals surface area contributed by atoms with Crippen molar-refractivity contribution in [2.45, 2.75) is 13.3 Å². The molecule has 5 heteroatoms. The molecule has 126 valence electrons. The van der Waals surface area contributed by atoms with Gasteiger partial charge in [0.1, 0.15) is 23.2 Å². The van der Waals surface area contributed by atoms with Gasteiger partial charge in [-0.05, 0) is 31.0 Å². The van der Waals surface area contributed by atoms with Crippen LogP contribution in [-0.4, -0.2) is 25.9 Å². The van der Waals surface area contributed by atoms with E-state index in [4.69, 9.17) is 9.47 Å². The van der Waals surface area contributed by atoms with Crippen LogP contribution in [0.15, 0.2) is 48.5 Å². The average Bonchev–Trinajstić information content (AvgIpc) is 2.60. The van der Waals surface area contributed by atoms with E-state index in [9.17, 15) is 9.59 Å². The van der Waals surface area contributed by atoms with Crippen molar-refractivity contribution in [2.24, 2.45) is 5.92 Å². The van der Waals surface area contributed by atoms with Crippen LogP contribution in [0.1, 0.15) is 12.5 Å². The van der Waals surface area contributed by atoms with Gasteiger partial charge in [0.15, 0.2) is 0 Å². The van der Waals surface area contributed by atoms with Gasteiger partial charge in [-0.1, -0.05) is 30.3 Å². The smallest absolute Gasteiger partial charge is 0.235 e. The number of hydrogen-bond donors (Lipinski definition) is 1. The largest absolute Gasteiger partial charge is 0.497 e. The van der Waals surface area contributed by atoms with Crippen molar-refractivity contribution in [3.05, 3.63) is 54.1 Å². The standard InChI is InChI=1S/C19H21NO4/c1-13(21)16(11-14-7-5-4-6-8-14)19(22)20-17-12-15(23-2)9-10-18(17)24-3/h4-10,12,16H,11H2,1-3H3,(H,20,22). The van der Waals surface area contributed by atoms with Crippen LogP contribution in [-0.2, 0) is 16.0 Å². The van der Waals surface area contributed by atoms with E-state index in [0.717, 1.165) is 5.56 Å². The van der Waals surface area contributed by atoms with Gasteiger partial charge in [-0.15, -0.1) is 0 Å². The Morgan fingerprint density at radius 1 is 1.04 bits per heavy atom. The molecule has 1 amide bonds. The van der Waals surface area contributed by atoms with Gasteiger partial charge in [-0.3, -0.25) is 9.59 Å². The lowest BCUT2D eigenvalue weighted by Crippen LogP contribution is -2.30. The van der Waals surface area contributed by atoms with E-state index < -0.39 is 5.92 Å². The third kappa shape index (κ3) is 4.35. The van der Waals surface area contributed by atoms with Crippen molar-refractivity contribution in [2.75, 3.05) is 19.5 Å². The Hall–Kier alpha value is -2.82. The Kier molecular flexibility index (Phi) is 5.95. The maximum Gasteiger partial charge on any atom is 0.235 e. The number of rotatable bonds is 7. The Morgan fingerprint density at radius 2 is 1.75 bits per heavy atom. The van der Waals surface area contributed by atoms with Gasteiger partial charge in [-0.2, -0.15) is 0 Å². The van der Waals surface area contributed by atoms with Crippen molar-refractivity contribution in [1.29, 1.82) is 0 Å². The van der Waals surface area contributed by atoms with Crippen LogP contribution in [0.3, 0.4) is 0 Å². The minimum Gasteiger partial charge on any atom is -0.497 e. The van der Waals surface area contributed by atoms with Crippen LogP contribution >= 0.6 is 0 Å². The first-order valence-electron chi connectivity index (χ1n) is 7.62. The lowest BCUT2D eigenvalue weighted by molar-refractivity contribution is -0.129. The van der Waals surface area contributed by atoms with Crippen LogP contribution in [0.2, 0.25) is 0 Å². The van der Waals surface area contributed by atoms with Crippen molar-refractivity contribution < 1.29 is 19.1 Å². The lowest BCUT2D eigenvalue weighted by Gasteiger charge is -2.16. The van der Waals surface area contributed by atoms with E-state index in [2.05, 4.69) is 5.32 Å². The highest BCUT2D eigenvalue weighted by Gasteiger charge is 2.24. The molecule has 0 aromatic heterocycles. The van der Waals surface area contributed by atoms with Crippen LogP contribution in [0.4, 0.5) is 5.69 Å². The van der Waals surface area contributed by atoms with E-state index in [-0.39, 0.29) is 11.7 Å². The summed E-state index contributed by atoms with van der Waals surface area (Å²) >= 11 is 0. The zero-order chi connectivity index (χ0) is 17.5. The minimum atomic E-state index is -0.761. The number of hydrogen-bond acceptors (Lipinski definition) is 4. The van der Waals surface area contributed by atoms with E-state index in [1.165, 1.54) is 14.0 Å². The maximum absolute atomic E-state index is 12.6. The number of ether oxygens (including phenoxy) is 2. The number of carbonyl (C=O) groups is 2. The van der Waals surface area contributed by atoms with Crippen molar-refractivity contribution >= 4 is 17.4 Å². The summed E-state index contributed by atoms with van der Waals surface area (Å²) in [5.74, 6) is -0.209. The lowest BCUT2D eigenvalue weighted by atomic mass is 9.95. The highest BCUT2D eigenvalue weighted by atomic mass is 16.5. The van der Waals surface area contributed by atoms with Gasteiger partial charge in [0.05, 0.1) is 19.9 Å². The van der Waals surface area contributed by atoms with Gasteiger partial charge in [0.2, 0.25) is 5.91 Å². The second kappa shape index (κ2) is 8.15. The first kappa shape index (κ1) is 17.5. The SMILES string of the molecule is COc1ccc(OC)c(NC(=O)C(Cc2ccccc2)C(C)=O)c1. The Labute approximate surface area is 141 Å². The third-order valence-corrected chi connectivity index (χ3v) is 3.75. The molecule has 2 aromatic rings. The summed E-state index contributed by atoms with van der Waals surface area (Å²) < 4.78 is 10.4. The molecule has 0 aliphatic heterocycles. The van der Waals surface area contributed by atoms with Crippen LogP contribution in [0.25, 0.3) is 0 Å². The normalized spacial score (nSPS) is 11.5. The molecule has 5 nitrogen and oxygen atoms in total. The fourth-order valence-corrected chi connectivity index (χ4v) is 2.40. The molecule has 2 rings (SSSR count). The number of amides is 1. The summed E-state index contributed by atoms with van der Waals surface area (Å²) in [7, 11) is 3.06. The highest BCUT2D eigenvalue weighted by Crippen LogP contribution is 2.29. The minimum absolute atomic E-state index is 0.182. The Morgan fingerprint density at radius 3 is 2.33 bits per heavy atom. The zero-order valence-corrected chi connectivity index (χ0v) is 14.0. The van der Waals surface area contributed by atoms with Gasteiger partial charge in [0, 0.05) is 6.07 Å². The van der Waals surface area contributed by atoms with Crippen molar-refractivity contribution in [3.8, 4) is 11.5 Å². The van der Waals surface area contributed by atoms with Crippen molar-refractivity contribution in [1.82, 2.24) is 0 Å². The maximum atomic E-state index is 12.6. The van der Waals surface area contributed by atoms with Gasteiger partial charge in [0.25, 0.3) is 0 Å². The number of ketones is 1. The summed E-state index contributed by atoms with van der Waals surface area (Å²) in [4.78, 5) is 24.5. The summed E-state index contributed by atoms with van der Waals surface area (Å²) in [5, 5.41) is 2.77. The van der Waals surface area contributed by atoms with E-state index >= 15 is 0 Å². The Balaban J connectivity index is 2.20. The second-order valence-corrected chi connectivity index (χ2v) is 5.41. The molecule has 0 radical (unpaired) electrons. The molecule has 1 unspecified atom stereocenters. The topological polar surface area (TPSA) is 64.6 Å². The van der Waals surface area contributed by atoms with Crippen LogP contribution < -0.4 is 14.8 Å². The summed E-state index contributed by atoms with van der Waals surface area (Å²) in [6.07, 6.45) is 0.355. The number of carbonyl (C=O) groups excluding carboxylic acids is 2. The number of benzene rings is 2. The van der Waals surface area contributed by atoms with Crippen LogP contribution in [0, 0.1) is 5.92 Å². The molecule has 0 aliphatic carbocycles. The number of anilines is 1. The fraction of sp³-hybridized carbons (Fsp3) is 0.263. The molecule has 1 atom stereocenters. The van der Waals surface area contributed by atoms with Gasteiger partial charge >= 0.3 is 0 Å². The summed E-state index contributed by atoms with van der Waals surface area (Å²) in [5.41, 5.74) is 1.41. The molecular formula is C19H21NO4. The fourth-order valence-electron chi connectivity index (χ4n) is 2.40. The highest BCUT2D eigenvalue weighted by molar-refractivity contribution is 6.07. The van der Waals surface area contributed by atoms with Crippen molar-refractivity contribution in [3.63, 3.8) is 0 Å². The molecule has 0 heterocycles. The molecule has 0 bridgehead atoms. The molecule has 0 spiro atoms. The predicted octanol–water partition coefficient (Wildman–Crippen LogP) is 3.09. The van der Waals surface area contributed by atoms with Gasteiger partial charge in [-0.25, -0.2) is 0 Å². The first-order valence-corrected chi connectivity index (χ1v) is 7.62. The molecule has 0 saturated heterocycles. The molecule has 24 heavy (non-hydrogen) atoms. The number of methoxy groups -OCH3 is 2. The van der Waals surface area contributed by atoms with E-state index in [1.54, 1.807) is 25.3 Å². The summed E-state index contributed by atoms with van der Waals surface area (Å²) in [6, 6.07) is 14.6. The average molecular weight is 327 g/mol. The second-order valence-electron chi connectivity index (χ2n) is 5.41. The Bertz CT molecular complexity index is 713. The quantitative estimate of drug-likeness (QED) is 0.794. The molecular weight excluding hydrogens is 306 g/mol. The zero-order valence-electron chi connectivity index (χ0n) is 14.0. The number of nitrogens with one attached hydrogen (secondary N) is 1. The molecule has 0 fully saturated rings. The first-order chi connectivity index (χ1) is 11.5. The third-order valence-electron chi connectivity index (χ3n) is 3.75. The van der Waals surface area contributed by atoms with E-state index in [0.29, 0.717) is 23.6 Å². The van der Waals surface area contributed by atoms with Crippen LogP contribution in [0.5, 0.6) is 11.5 Å². The number of Topliss-reactive ketones (excluding diaryl/α,β-unsaturated/α-hetero) is 1. The molecule has 1 N–H and O–H groups in total. The molecule has 0 aliphatic rings. The molecule has 0 saturated carbocycles. The molecule has 2 aromatic carbocycles.